The number of fused-ring (bicyclic) bond motifs is 1. The molecule has 0 aromatic rings. The molecule has 1 heterocycles. The Hall–Kier alpha value is -1.73. The predicted octanol–water partition coefficient (Wildman–Crippen LogP) is 3.86. The summed E-state index contributed by atoms with van der Waals surface area (Å²) in [4.78, 5) is 38.1. The minimum absolute atomic E-state index is 0.0810. The number of rotatable bonds is 5. The first-order chi connectivity index (χ1) is 15.1. The van der Waals surface area contributed by atoms with E-state index < -0.39 is 47.0 Å². The summed E-state index contributed by atoms with van der Waals surface area (Å²) in [5, 5.41) is 0. The molecule has 0 N–H and O–H groups in total. The minimum Gasteiger partial charge on any atom is -0.458 e. The summed E-state index contributed by atoms with van der Waals surface area (Å²) >= 11 is 0. The van der Waals surface area contributed by atoms with Crippen LogP contribution in [0.3, 0.4) is 0 Å². The van der Waals surface area contributed by atoms with Crippen molar-refractivity contribution in [3.05, 3.63) is 0 Å². The number of esters is 3. The first-order valence-electron chi connectivity index (χ1n) is 12.1. The third-order valence-corrected chi connectivity index (χ3v) is 9.80. The van der Waals surface area contributed by atoms with E-state index in [1.165, 1.54) is 6.42 Å². The average molecular weight is 452 g/mol. The first kappa shape index (κ1) is 20.8. The van der Waals surface area contributed by atoms with Gasteiger partial charge in [-0.05, 0) is 74.5 Å². The van der Waals surface area contributed by atoms with E-state index in [4.69, 9.17) is 14.2 Å². The van der Waals surface area contributed by atoms with E-state index in [0.717, 1.165) is 43.9 Å². The molecule has 6 nitrogen and oxygen atoms in total. The van der Waals surface area contributed by atoms with Crippen molar-refractivity contribution in [2.75, 3.05) is 0 Å². The molecule has 0 radical (unpaired) electrons. The Balaban J connectivity index is 1.23. The summed E-state index contributed by atoms with van der Waals surface area (Å²) in [7, 11) is 0. The van der Waals surface area contributed by atoms with Gasteiger partial charge >= 0.3 is 23.8 Å². The molecular formula is C24H30F2O6. The third kappa shape index (κ3) is 2.64. The molecule has 7 rings (SSSR count). The Morgan fingerprint density at radius 1 is 1.06 bits per heavy atom. The van der Waals surface area contributed by atoms with Crippen LogP contribution < -0.4 is 0 Å². The van der Waals surface area contributed by atoms with Crippen LogP contribution >= 0.6 is 0 Å². The van der Waals surface area contributed by atoms with E-state index in [1.54, 1.807) is 0 Å². The van der Waals surface area contributed by atoms with Gasteiger partial charge in [0.1, 0.15) is 5.60 Å². The molecule has 176 valence electrons. The van der Waals surface area contributed by atoms with Crippen LogP contribution in [0, 0.1) is 47.3 Å². The number of carbonyl (C=O) groups is 3. The Morgan fingerprint density at radius 3 is 2.25 bits per heavy atom. The van der Waals surface area contributed by atoms with Crippen molar-refractivity contribution < 1.29 is 37.4 Å². The molecule has 5 unspecified atom stereocenters. The van der Waals surface area contributed by atoms with Crippen LogP contribution in [0.15, 0.2) is 0 Å². The summed E-state index contributed by atoms with van der Waals surface area (Å²) in [6.45, 7) is 2.55. The highest BCUT2D eigenvalue weighted by atomic mass is 19.3. The highest BCUT2D eigenvalue weighted by Crippen LogP contribution is 2.65. The van der Waals surface area contributed by atoms with Gasteiger partial charge in [-0.15, -0.1) is 0 Å². The van der Waals surface area contributed by atoms with Crippen molar-refractivity contribution in [2.45, 2.75) is 82.5 Å². The zero-order chi connectivity index (χ0) is 22.6. The van der Waals surface area contributed by atoms with Crippen LogP contribution in [0.4, 0.5) is 8.78 Å². The zero-order valence-electron chi connectivity index (χ0n) is 18.5. The second-order valence-corrected chi connectivity index (χ2v) is 11.4. The largest absolute Gasteiger partial charge is 0.458 e. The average Bonchev–Trinajstić information content (AvgIpc) is 3.29. The molecule has 32 heavy (non-hydrogen) atoms. The van der Waals surface area contributed by atoms with E-state index >= 15 is 0 Å². The number of carbonyl (C=O) groups excluding carboxylic acids is 3. The predicted molar refractivity (Wildman–Crippen MR) is 105 cm³/mol. The van der Waals surface area contributed by atoms with Gasteiger partial charge in [0.05, 0.1) is 17.8 Å². The number of halogens is 2. The van der Waals surface area contributed by atoms with Crippen molar-refractivity contribution >= 4 is 17.9 Å². The van der Waals surface area contributed by atoms with Gasteiger partial charge in [-0.25, -0.2) is 4.79 Å². The van der Waals surface area contributed by atoms with Crippen molar-refractivity contribution in [1.82, 2.24) is 0 Å². The molecule has 1 aliphatic heterocycles. The topological polar surface area (TPSA) is 78.9 Å². The molecule has 8 heteroatoms. The maximum absolute atomic E-state index is 13.6. The highest BCUT2D eigenvalue weighted by Gasteiger charge is 2.74. The normalized spacial score (nSPS) is 49.9. The third-order valence-electron chi connectivity index (χ3n) is 9.80. The quantitative estimate of drug-likeness (QED) is 0.590. The van der Waals surface area contributed by atoms with E-state index in [9.17, 15) is 23.2 Å². The van der Waals surface area contributed by atoms with Gasteiger partial charge in [0.15, 0.2) is 0 Å². The number of ether oxygens (including phenoxy) is 3. The van der Waals surface area contributed by atoms with E-state index in [-0.39, 0.29) is 18.3 Å². The SMILES string of the molecule is CCC1(OC(=O)C2C3CC4C2C(=O)OC4(OC(=O)C(C)(F)F)C3)C2CC3CC(C2)CC1C3. The van der Waals surface area contributed by atoms with Crippen LogP contribution in [-0.2, 0) is 28.6 Å². The molecule has 7 aliphatic rings. The molecule has 0 aromatic carbocycles. The fraction of sp³-hybridized carbons (Fsp3) is 0.875. The second-order valence-electron chi connectivity index (χ2n) is 11.4. The summed E-state index contributed by atoms with van der Waals surface area (Å²) < 4.78 is 43.7. The minimum atomic E-state index is -3.67. The van der Waals surface area contributed by atoms with E-state index in [0.29, 0.717) is 25.2 Å². The molecule has 0 aromatic heterocycles. The zero-order valence-corrected chi connectivity index (χ0v) is 18.5. The van der Waals surface area contributed by atoms with Gasteiger partial charge in [0.2, 0.25) is 0 Å². The smallest absolute Gasteiger partial charge is 0.379 e. The molecule has 0 amide bonds. The number of hydrogen-bond donors (Lipinski definition) is 0. The van der Waals surface area contributed by atoms with Gasteiger partial charge in [0.25, 0.3) is 5.79 Å². The van der Waals surface area contributed by atoms with Gasteiger partial charge in [0, 0.05) is 13.3 Å². The molecule has 6 aliphatic carbocycles. The standard InChI is InChI=1S/C24H30F2O6/c1-3-23(14-5-11-4-12(7-14)8-15(23)6-11)30-19(27)17-13-9-16-18(17)20(28)31-24(16,10-13)32-21(29)22(2,25)26/h11-18H,3-10H2,1-2H3. The van der Waals surface area contributed by atoms with Crippen LogP contribution in [0.25, 0.3) is 0 Å². The lowest BCUT2D eigenvalue weighted by Crippen LogP contribution is -2.60. The van der Waals surface area contributed by atoms with Crippen LogP contribution in [0.1, 0.15) is 65.2 Å². The Kier molecular flexibility index (Phi) is 4.20. The molecule has 5 atom stereocenters. The lowest BCUT2D eigenvalue weighted by molar-refractivity contribution is -0.239. The van der Waals surface area contributed by atoms with Crippen molar-refractivity contribution in [1.29, 1.82) is 0 Å². The lowest BCUT2D eigenvalue weighted by atomic mass is 9.49. The highest BCUT2D eigenvalue weighted by molar-refractivity contribution is 5.87. The summed E-state index contributed by atoms with van der Waals surface area (Å²) in [5.41, 5.74) is -0.456. The molecule has 0 spiro atoms. The second kappa shape index (κ2) is 6.44. The fourth-order valence-electron chi connectivity index (χ4n) is 8.79. The van der Waals surface area contributed by atoms with Crippen LogP contribution in [0.5, 0.6) is 0 Å². The fourth-order valence-corrected chi connectivity index (χ4v) is 8.79. The van der Waals surface area contributed by atoms with Gasteiger partial charge in [-0.2, -0.15) is 8.78 Å². The van der Waals surface area contributed by atoms with Crippen LogP contribution in [0.2, 0.25) is 0 Å². The van der Waals surface area contributed by atoms with E-state index in [2.05, 4.69) is 6.92 Å². The molecular weight excluding hydrogens is 422 g/mol. The van der Waals surface area contributed by atoms with E-state index in [1.807, 2.05) is 0 Å². The first-order valence-corrected chi connectivity index (χ1v) is 12.1. The van der Waals surface area contributed by atoms with Gasteiger partial charge in [-0.1, -0.05) is 6.92 Å². The van der Waals surface area contributed by atoms with Crippen LogP contribution in [-0.4, -0.2) is 35.2 Å². The molecule has 7 fully saturated rings. The monoisotopic (exact) mass is 452 g/mol. The van der Waals surface area contributed by atoms with Gasteiger partial charge < -0.3 is 14.2 Å². The Morgan fingerprint density at radius 2 is 1.69 bits per heavy atom. The molecule has 1 saturated heterocycles. The number of alkyl halides is 2. The summed E-state index contributed by atoms with van der Waals surface area (Å²) in [5.74, 6) is -8.04. The van der Waals surface area contributed by atoms with Gasteiger partial charge in [-0.3, -0.25) is 9.59 Å². The summed E-state index contributed by atoms with van der Waals surface area (Å²) in [6, 6.07) is 0. The lowest BCUT2D eigenvalue weighted by Gasteiger charge is -2.60. The maximum atomic E-state index is 13.6. The Bertz CT molecular complexity index is 852. The van der Waals surface area contributed by atoms with Crippen molar-refractivity contribution in [2.24, 2.45) is 47.3 Å². The van der Waals surface area contributed by atoms with Crippen molar-refractivity contribution in [3.63, 3.8) is 0 Å². The molecule has 6 saturated carbocycles. The summed E-state index contributed by atoms with van der Waals surface area (Å²) in [6.07, 6.45) is 7.05. The number of hydrogen-bond acceptors (Lipinski definition) is 6. The Labute approximate surface area is 185 Å². The van der Waals surface area contributed by atoms with Crippen molar-refractivity contribution in [3.8, 4) is 0 Å². The maximum Gasteiger partial charge on any atom is 0.379 e. The molecule has 6 bridgehead atoms.